The maximum absolute atomic E-state index is 11.4. The van der Waals surface area contributed by atoms with Gasteiger partial charge in [-0.2, -0.15) is 0 Å². The molecular formula is C14H24O3. The zero-order valence-electron chi connectivity index (χ0n) is 11.4. The number of hydrogen-bond acceptors (Lipinski definition) is 3. The van der Waals surface area contributed by atoms with Gasteiger partial charge in [0.2, 0.25) is 0 Å². The standard InChI is InChI=1S/C14H24O3/c1-10(2)8-12(15)6-5-7-13(16)9-14(17)11(3)4/h10-11H,5-9H2,1-4H3. The summed E-state index contributed by atoms with van der Waals surface area (Å²) < 4.78 is 0. The number of ketones is 3. The van der Waals surface area contributed by atoms with E-state index in [4.69, 9.17) is 0 Å². The van der Waals surface area contributed by atoms with Crippen LogP contribution in [0.3, 0.4) is 0 Å². The van der Waals surface area contributed by atoms with E-state index >= 15 is 0 Å². The summed E-state index contributed by atoms with van der Waals surface area (Å²) >= 11 is 0. The Morgan fingerprint density at radius 2 is 1.41 bits per heavy atom. The first-order chi connectivity index (χ1) is 7.82. The fourth-order valence-electron chi connectivity index (χ4n) is 1.53. The highest BCUT2D eigenvalue weighted by Gasteiger charge is 2.13. The smallest absolute Gasteiger partial charge is 0.142 e. The van der Waals surface area contributed by atoms with Crippen LogP contribution >= 0.6 is 0 Å². The summed E-state index contributed by atoms with van der Waals surface area (Å²) in [5.74, 6) is 0.454. The molecule has 0 atom stereocenters. The van der Waals surface area contributed by atoms with Crippen molar-refractivity contribution in [2.45, 2.75) is 59.8 Å². The molecule has 0 aliphatic carbocycles. The van der Waals surface area contributed by atoms with E-state index in [0.717, 1.165) is 0 Å². The molecule has 0 aliphatic rings. The van der Waals surface area contributed by atoms with Crippen LogP contribution in [-0.4, -0.2) is 17.3 Å². The van der Waals surface area contributed by atoms with Gasteiger partial charge in [-0.25, -0.2) is 0 Å². The molecule has 0 fully saturated rings. The van der Waals surface area contributed by atoms with Crippen LogP contribution in [0, 0.1) is 11.8 Å². The van der Waals surface area contributed by atoms with Crippen molar-refractivity contribution >= 4 is 17.3 Å². The van der Waals surface area contributed by atoms with Crippen molar-refractivity contribution in [1.82, 2.24) is 0 Å². The van der Waals surface area contributed by atoms with Crippen molar-refractivity contribution < 1.29 is 14.4 Å². The zero-order valence-corrected chi connectivity index (χ0v) is 11.4. The van der Waals surface area contributed by atoms with Gasteiger partial charge in [0.05, 0.1) is 6.42 Å². The molecule has 0 spiro atoms. The lowest BCUT2D eigenvalue weighted by molar-refractivity contribution is -0.128. The first-order valence-electron chi connectivity index (χ1n) is 6.39. The van der Waals surface area contributed by atoms with Crippen LogP contribution in [0.1, 0.15) is 59.8 Å². The van der Waals surface area contributed by atoms with Crippen LogP contribution in [0.2, 0.25) is 0 Å². The Labute approximate surface area is 104 Å². The first-order valence-corrected chi connectivity index (χ1v) is 6.39. The SMILES string of the molecule is CC(C)CC(=O)CCCC(=O)CC(=O)C(C)C. The molecule has 0 aromatic carbocycles. The van der Waals surface area contributed by atoms with Gasteiger partial charge in [0.15, 0.2) is 0 Å². The molecule has 0 aliphatic heterocycles. The van der Waals surface area contributed by atoms with Gasteiger partial charge in [0, 0.05) is 25.2 Å². The van der Waals surface area contributed by atoms with Crippen LogP contribution in [0.4, 0.5) is 0 Å². The lowest BCUT2D eigenvalue weighted by Crippen LogP contribution is -2.13. The Morgan fingerprint density at radius 1 is 0.882 bits per heavy atom. The summed E-state index contributed by atoms with van der Waals surface area (Å²) in [6.07, 6.45) is 1.99. The second-order valence-corrected chi connectivity index (χ2v) is 5.33. The number of hydrogen-bond donors (Lipinski definition) is 0. The van der Waals surface area contributed by atoms with Gasteiger partial charge in [-0.15, -0.1) is 0 Å². The minimum Gasteiger partial charge on any atom is -0.300 e. The predicted octanol–water partition coefficient (Wildman–Crippen LogP) is 2.96. The lowest BCUT2D eigenvalue weighted by Gasteiger charge is -2.04. The van der Waals surface area contributed by atoms with Crippen molar-refractivity contribution in [2.75, 3.05) is 0 Å². The van der Waals surface area contributed by atoms with Crippen molar-refractivity contribution in [1.29, 1.82) is 0 Å². The van der Waals surface area contributed by atoms with Gasteiger partial charge in [-0.1, -0.05) is 27.7 Å². The monoisotopic (exact) mass is 240 g/mol. The largest absolute Gasteiger partial charge is 0.300 e. The van der Waals surface area contributed by atoms with Crippen molar-refractivity contribution in [2.24, 2.45) is 11.8 Å². The Morgan fingerprint density at radius 3 is 1.88 bits per heavy atom. The third-order valence-corrected chi connectivity index (χ3v) is 2.56. The van der Waals surface area contributed by atoms with Crippen LogP contribution < -0.4 is 0 Å². The van der Waals surface area contributed by atoms with Crippen LogP contribution in [0.15, 0.2) is 0 Å². The number of Topliss-reactive ketones (excluding diaryl/α,β-unsaturated/α-hetero) is 3. The molecule has 0 amide bonds. The molecule has 3 heteroatoms. The minimum absolute atomic E-state index is 0.0106. The van der Waals surface area contributed by atoms with E-state index in [9.17, 15) is 14.4 Å². The molecule has 0 bridgehead atoms. The van der Waals surface area contributed by atoms with Crippen molar-refractivity contribution in [3.05, 3.63) is 0 Å². The Kier molecular flexibility index (Phi) is 7.68. The summed E-state index contributed by atoms with van der Waals surface area (Å²) in [5.41, 5.74) is 0. The number of carbonyl (C=O) groups is 3. The third kappa shape index (κ3) is 8.78. The molecule has 0 saturated carbocycles. The highest BCUT2D eigenvalue weighted by atomic mass is 16.1. The molecular weight excluding hydrogens is 216 g/mol. The zero-order chi connectivity index (χ0) is 13.4. The fraction of sp³-hybridized carbons (Fsp3) is 0.786. The third-order valence-electron chi connectivity index (χ3n) is 2.56. The van der Waals surface area contributed by atoms with Crippen LogP contribution in [0.25, 0.3) is 0 Å². The van der Waals surface area contributed by atoms with E-state index in [2.05, 4.69) is 0 Å². The van der Waals surface area contributed by atoms with Gasteiger partial charge < -0.3 is 0 Å². The molecule has 0 rings (SSSR count). The number of rotatable bonds is 9. The lowest BCUT2D eigenvalue weighted by atomic mass is 9.99. The number of carbonyl (C=O) groups excluding carboxylic acids is 3. The summed E-state index contributed by atoms with van der Waals surface area (Å²) in [5, 5.41) is 0. The Hall–Kier alpha value is -0.990. The molecule has 3 nitrogen and oxygen atoms in total. The molecule has 0 N–H and O–H groups in total. The quantitative estimate of drug-likeness (QED) is 0.582. The average Bonchev–Trinajstić information content (AvgIpc) is 2.15. The predicted molar refractivity (Wildman–Crippen MR) is 67.8 cm³/mol. The van der Waals surface area contributed by atoms with Crippen LogP contribution in [0.5, 0.6) is 0 Å². The van der Waals surface area contributed by atoms with Gasteiger partial charge in [0.1, 0.15) is 17.3 Å². The second kappa shape index (κ2) is 8.15. The van der Waals surface area contributed by atoms with Crippen molar-refractivity contribution in [3.63, 3.8) is 0 Å². The highest BCUT2D eigenvalue weighted by Crippen LogP contribution is 2.08. The highest BCUT2D eigenvalue weighted by molar-refractivity contribution is 5.99. The van der Waals surface area contributed by atoms with E-state index in [-0.39, 0.29) is 29.7 Å². The van der Waals surface area contributed by atoms with Crippen LogP contribution in [-0.2, 0) is 14.4 Å². The molecule has 98 valence electrons. The van der Waals surface area contributed by atoms with E-state index < -0.39 is 0 Å². The molecule has 0 aromatic rings. The van der Waals surface area contributed by atoms with E-state index in [1.807, 2.05) is 13.8 Å². The Balaban J connectivity index is 3.72. The normalized spacial score (nSPS) is 10.9. The topological polar surface area (TPSA) is 51.2 Å². The maximum atomic E-state index is 11.4. The van der Waals surface area contributed by atoms with E-state index in [1.54, 1.807) is 13.8 Å². The first kappa shape index (κ1) is 16.0. The van der Waals surface area contributed by atoms with Crippen molar-refractivity contribution in [3.8, 4) is 0 Å². The maximum Gasteiger partial charge on any atom is 0.142 e. The molecule has 0 unspecified atom stereocenters. The van der Waals surface area contributed by atoms with E-state index in [0.29, 0.717) is 31.6 Å². The minimum atomic E-state index is -0.0819. The van der Waals surface area contributed by atoms with Gasteiger partial charge in [0.25, 0.3) is 0 Å². The van der Waals surface area contributed by atoms with Gasteiger partial charge in [-0.05, 0) is 12.3 Å². The summed E-state index contributed by atoms with van der Waals surface area (Å²) in [6.45, 7) is 7.60. The van der Waals surface area contributed by atoms with E-state index in [1.165, 1.54) is 0 Å². The Bertz CT molecular complexity index is 277. The van der Waals surface area contributed by atoms with Gasteiger partial charge in [-0.3, -0.25) is 14.4 Å². The average molecular weight is 240 g/mol. The summed E-state index contributed by atoms with van der Waals surface area (Å²) in [7, 11) is 0. The second-order valence-electron chi connectivity index (χ2n) is 5.33. The summed E-state index contributed by atoms with van der Waals surface area (Å²) in [4.78, 5) is 34.1. The van der Waals surface area contributed by atoms with Gasteiger partial charge >= 0.3 is 0 Å². The molecule has 0 saturated heterocycles. The fourth-order valence-corrected chi connectivity index (χ4v) is 1.53. The summed E-state index contributed by atoms with van der Waals surface area (Å²) in [6, 6.07) is 0. The molecule has 0 radical (unpaired) electrons. The molecule has 17 heavy (non-hydrogen) atoms. The molecule has 0 aromatic heterocycles. The molecule has 0 heterocycles.